The first-order valence-electron chi connectivity index (χ1n) is 13.0. The van der Waals surface area contributed by atoms with E-state index in [1.807, 2.05) is 12.1 Å². The molecule has 0 bridgehead atoms. The van der Waals surface area contributed by atoms with E-state index >= 15 is 0 Å². The lowest BCUT2D eigenvalue weighted by Crippen LogP contribution is -2.38. The lowest BCUT2D eigenvalue weighted by Gasteiger charge is -2.45. The van der Waals surface area contributed by atoms with Crippen LogP contribution < -0.4 is 0 Å². The van der Waals surface area contributed by atoms with Gasteiger partial charge in [-0.1, -0.05) is 30.2 Å². The van der Waals surface area contributed by atoms with Crippen LogP contribution in [-0.2, 0) is 4.74 Å². The van der Waals surface area contributed by atoms with Gasteiger partial charge in [-0.25, -0.2) is 8.78 Å². The van der Waals surface area contributed by atoms with E-state index in [1.54, 1.807) is 18.1 Å². The molecule has 1 aliphatic heterocycles. The Bertz CT molecular complexity index is 1180. The maximum atomic E-state index is 14.8. The minimum atomic E-state index is -4.81. The van der Waals surface area contributed by atoms with Gasteiger partial charge in [0.2, 0.25) is 0 Å². The number of rotatable bonds is 3. The second-order valence-corrected chi connectivity index (χ2v) is 10.8. The summed E-state index contributed by atoms with van der Waals surface area (Å²) in [6.45, 7) is 4.68. The SMILES string of the molecule is C=CC1CCC(C2CCC3CC(c4ccc5c(F)c(C#CC(F)(F)F)c(F)cc5c4)CCC3C2)OC1. The van der Waals surface area contributed by atoms with E-state index in [0.29, 0.717) is 41.1 Å². The maximum absolute atomic E-state index is 14.8. The lowest BCUT2D eigenvalue weighted by atomic mass is 9.62. The van der Waals surface area contributed by atoms with Crippen molar-refractivity contribution >= 4 is 10.8 Å². The Hall–Kier alpha value is -2.39. The van der Waals surface area contributed by atoms with Crippen molar-refractivity contribution < 1.29 is 26.7 Å². The molecule has 0 radical (unpaired) electrons. The van der Waals surface area contributed by atoms with Crippen LogP contribution in [0.1, 0.15) is 68.4 Å². The van der Waals surface area contributed by atoms with Crippen LogP contribution in [0.25, 0.3) is 10.8 Å². The Kier molecular flexibility index (Phi) is 7.14. The molecule has 6 heteroatoms. The monoisotopic (exact) mass is 502 g/mol. The van der Waals surface area contributed by atoms with Crippen LogP contribution in [-0.4, -0.2) is 18.9 Å². The average Bonchev–Trinajstić information content (AvgIpc) is 2.87. The first kappa shape index (κ1) is 25.3. The van der Waals surface area contributed by atoms with Gasteiger partial charge in [0.25, 0.3) is 0 Å². The predicted octanol–water partition coefficient (Wildman–Crippen LogP) is 8.31. The minimum absolute atomic E-state index is 0.0898. The molecule has 0 amide bonds. The molecule has 1 saturated heterocycles. The number of benzene rings is 2. The van der Waals surface area contributed by atoms with Gasteiger partial charge >= 0.3 is 6.18 Å². The average molecular weight is 503 g/mol. The normalized spacial score (nSPS) is 30.8. The van der Waals surface area contributed by atoms with Crippen LogP contribution in [0.3, 0.4) is 0 Å². The van der Waals surface area contributed by atoms with E-state index in [-0.39, 0.29) is 5.39 Å². The molecular weight excluding hydrogens is 471 g/mol. The lowest BCUT2D eigenvalue weighted by molar-refractivity contribution is -0.0696. The first-order chi connectivity index (χ1) is 17.2. The molecule has 192 valence electrons. The predicted molar refractivity (Wildman–Crippen MR) is 130 cm³/mol. The number of fused-ring (bicyclic) bond motifs is 2. The second-order valence-electron chi connectivity index (χ2n) is 10.8. The third-order valence-electron chi connectivity index (χ3n) is 8.71. The smallest absolute Gasteiger partial charge is 0.377 e. The molecule has 36 heavy (non-hydrogen) atoms. The van der Waals surface area contributed by atoms with Gasteiger partial charge in [0, 0.05) is 17.2 Å². The summed E-state index contributed by atoms with van der Waals surface area (Å²) in [6.07, 6.45) is 6.68. The van der Waals surface area contributed by atoms with Crippen LogP contribution in [0.15, 0.2) is 36.9 Å². The molecule has 2 aromatic rings. The van der Waals surface area contributed by atoms with Gasteiger partial charge in [0.05, 0.1) is 18.3 Å². The van der Waals surface area contributed by atoms with Crippen molar-refractivity contribution in [1.82, 2.24) is 0 Å². The Morgan fingerprint density at radius 2 is 1.67 bits per heavy atom. The second kappa shape index (κ2) is 10.2. The Balaban J connectivity index is 1.27. The Labute approximate surface area is 209 Å². The molecule has 0 N–H and O–H groups in total. The van der Waals surface area contributed by atoms with Gasteiger partial charge in [-0.3, -0.25) is 0 Å². The molecular formula is C30H31F5O. The van der Waals surface area contributed by atoms with E-state index in [2.05, 4.69) is 6.58 Å². The number of halogens is 5. The van der Waals surface area contributed by atoms with Crippen LogP contribution in [0.5, 0.6) is 0 Å². The summed E-state index contributed by atoms with van der Waals surface area (Å²) in [7, 11) is 0. The van der Waals surface area contributed by atoms with Gasteiger partial charge in [0.15, 0.2) is 0 Å². The fourth-order valence-corrected chi connectivity index (χ4v) is 6.77. The molecule has 0 aromatic heterocycles. The number of alkyl halides is 3. The molecule has 5 rings (SSSR count). The highest BCUT2D eigenvalue weighted by Crippen LogP contribution is 2.49. The highest BCUT2D eigenvalue weighted by Gasteiger charge is 2.39. The molecule has 6 unspecified atom stereocenters. The van der Waals surface area contributed by atoms with Gasteiger partial charge in [-0.2, -0.15) is 13.2 Å². The molecule has 2 aliphatic carbocycles. The van der Waals surface area contributed by atoms with Crippen molar-refractivity contribution in [2.24, 2.45) is 23.7 Å². The van der Waals surface area contributed by atoms with Gasteiger partial charge in [-0.05, 0) is 92.1 Å². The van der Waals surface area contributed by atoms with Crippen molar-refractivity contribution in [3.8, 4) is 11.8 Å². The molecule has 2 saturated carbocycles. The molecule has 3 fully saturated rings. The quantitative estimate of drug-likeness (QED) is 0.233. The summed E-state index contributed by atoms with van der Waals surface area (Å²) in [5.74, 6) is 3.25. The van der Waals surface area contributed by atoms with Gasteiger partial charge < -0.3 is 4.74 Å². The van der Waals surface area contributed by atoms with Crippen molar-refractivity contribution in [3.63, 3.8) is 0 Å². The zero-order chi connectivity index (χ0) is 25.4. The van der Waals surface area contributed by atoms with E-state index in [0.717, 1.165) is 49.8 Å². The standard InChI is InChI=1S/C30H31F5O/c1-2-18-3-10-28(36-17-18)23-7-6-20-13-19(4-5-21(20)14-23)22-8-9-25-24(15-22)16-27(31)26(29(25)32)11-12-30(33,34)35/h2,8-9,15-16,18-21,23,28H,1,3-7,10,13-14,17H2. The van der Waals surface area contributed by atoms with Crippen molar-refractivity contribution in [3.05, 3.63) is 59.7 Å². The summed E-state index contributed by atoms with van der Waals surface area (Å²) in [5, 5.41) is 0.449. The summed E-state index contributed by atoms with van der Waals surface area (Å²) >= 11 is 0. The number of ether oxygens (including phenoxy) is 1. The van der Waals surface area contributed by atoms with E-state index in [9.17, 15) is 22.0 Å². The van der Waals surface area contributed by atoms with Crippen molar-refractivity contribution in [1.29, 1.82) is 0 Å². The van der Waals surface area contributed by atoms with Gasteiger partial charge in [0.1, 0.15) is 11.6 Å². The van der Waals surface area contributed by atoms with E-state index in [1.165, 1.54) is 25.7 Å². The van der Waals surface area contributed by atoms with Crippen molar-refractivity contribution in [2.75, 3.05) is 6.61 Å². The van der Waals surface area contributed by atoms with Crippen LogP contribution in [0, 0.1) is 47.1 Å². The fraction of sp³-hybridized carbons (Fsp3) is 0.533. The van der Waals surface area contributed by atoms with E-state index in [4.69, 9.17) is 4.74 Å². The third kappa shape index (κ3) is 5.32. The van der Waals surface area contributed by atoms with Crippen LogP contribution in [0.4, 0.5) is 22.0 Å². The first-order valence-corrected chi connectivity index (χ1v) is 13.0. The molecule has 1 nitrogen and oxygen atoms in total. The topological polar surface area (TPSA) is 9.23 Å². The third-order valence-corrected chi connectivity index (χ3v) is 8.71. The number of hydrogen-bond donors (Lipinski definition) is 0. The minimum Gasteiger partial charge on any atom is -0.377 e. The van der Waals surface area contributed by atoms with E-state index < -0.39 is 23.4 Å². The number of hydrogen-bond acceptors (Lipinski definition) is 1. The van der Waals surface area contributed by atoms with Gasteiger partial charge in [-0.15, -0.1) is 6.58 Å². The fourth-order valence-electron chi connectivity index (χ4n) is 6.77. The molecule has 1 heterocycles. The molecule has 6 atom stereocenters. The summed E-state index contributed by atoms with van der Waals surface area (Å²) in [4.78, 5) is 0. The zero-order valence-corrected chi connectivity index (χ0v) is 20.2. The van der Waals surface area contributed by atoms with Crippen LogP contribution in [0.2, 0.25) is 0 Å². The molecule has 2 aromatic carbocycles. The Morgan fingerprint density at radius 1 is 0.917 bits per heavy atom. The summed E-state index contributed by atoms with van der Waals surface area (Å²) < 4.78 is 72.7. The van der Waals surface area contributed by atoms with Crippen LogP contribution >= 0.6 is 0 Å². The largest absolute Gasteiger partial charge is 0.458 e. The molecule has 3 aliphatic rings. The summed E-state index contributed by atoms with van der Waals surface area (Å²) in [5.41, 5.74) is 0.203. The van der Waals surface area contributed by atoms with Crippen molar-refractivity contribution in [2.45, 2.75) is 69.6 Å². The summed E-state index contributed by atoms with van der Waals surface area (Å²) in [6, 6.07) is 6.29. The zero-order valence-electron chi connectivity index (χ0n) is 20.2. The Morgan fingerprint density at radius 3 is 2.39 bits per heavy atom. The highest BCUT2D eigenvalue weighted by molar-refractivity contribution is 5.85. The maximum Gasteiger partial charge on any atom is 0.458 e. The molecule has 0 spiro atoms. The highest BCUT2D eigenvalue weighted by atomic mass is 19.4.